The van der Waals surface area contributed by atoms with E-state index in [-0.39, 0.29) is 11.3 Å². The van der Waals surface area contributed by atoms with Gasteiger partial charge in [0.05, 0.1) is 12.8 Å². The van der Waals surface area contributed by atoms with Gasteiger partial charge < -0.3 is 14.6 Å². The Morgan fingerprint density at radius 2 is 2.04 bits per heavy atom. The third kappa shape index (κ3) is 5.09. The van der Waals surface area contributed by atoms with Crippen LogP contribution in [0.15, 0.2) is 35.4 Å². The van der Waals surface area contributed by atoms with Gasteiger partial charge in [0.1, 0.15) is 5.82 Å². The Balaban J connectivity index is 1.41. The molecule has 5 nitrogen and oxygen atoms in total. The molecular weight excluding hydrogens is 328 g/mol. The fourth-order valence-electron chi connectivity index (χ4n) is 3.00. The lowest BCUT2D eigenvalue weighted by molar-refractivity contribution is 0.139. The highest BCUT2D eigenvalue weighted by Gasteiger charge is 2.20. The minimum absolute atomic E-state index is 0.0250. The summed E-state index contributed by atoms with van der Waals surface area (Å²) in [5.74, 6) is -0.732. The van der Waals surface area contributed by atoms with Crippen molar-refractivity contribution in [2.24, 2.45) is 5.92 Å². The van der Waals surface area contributed by atoms with Crippen LogP contribution < -0.4 is 10.3 Å². The molecule has 0 unspecified atom stereocenters. The van der Waals surface area contributed by atoms with E-state index in [2.05, 4.69) is 14.9 Å². The van der Waals surface area contributed by atoms with Crippen molar-refractivity contribution in [3.63, 3.8) is 0 Å². The van der Waals surface area contributed by atoms with Gasteiger partial charge in [0.15, 0.2) is 11.6 Å². The van der Waals surface area contributed by atoms with Gasteiger partial charge in [-0.2, -0.15) is 0 Å². The summed E-state index contributed by atoms with van der Waals surface area (Å²) in [6.07, 6.45) is 5.58. The first kappa shape index (κ1) is 17.5. The fourth-order valence-corrected chi connectivity index (χ4v) is 3.00. The summed E-state index contributed by atoms with van der Waals surface area (Å²) >= 11 is 0. The largest absolute Gasteiger partial charge is 0.490 e. The number of aromatic amines is 1. The molecule has 2 heterocycles. The van der Waals surface area contributed by atoms with Crippen molar-refractivity contribution in [1.29, 1.82) is 0 Å². The summed E-state index contributed by atoms with van der Waals surface area (Å²) in [7, 11) is 0. The molecule has 25 heavy (non-hydrogen) atoms. The van der Waals surface area contributed by atoms with Crippen molar-refractivity contribution >= 4 is 0 Å². The van der Waals surface area contributed by atoms with E-state index >= 15 is 0 Å². The highest BCUT2D eigenvalue weighted by atomic mass is 19.1. The second kappa shape index (κ2) is 8.20. The van der Waals surface area contributed by atoms with Crippen molar-refractivity contribution in [3.8, 4) is 5.75 Å². The molecule has 1 fully saturated rings. The van der Waals surface area contributed by atoms with Gasteiger partial charge in [-0.05, 0) is 44.0 Å². The van der Waals surface area contributed by atoms with Gasteiger partial charge in [-0.15, -0.1) is 0 Å². The molecule has 134 valence electrons. The standard InChI is InChI=1S/C18H21F2N3O2/c19-14-1-2-16(20)17(9-14)25-12-13-3-6-23(7-4-13)8-5-15-10-21-11-18(24)22-15/h1-2,9-11,13H,3-8,12H2,(H,22,24). The second-order valence-electron chi connectivity index (χ2n) is 6.34. The zero-order valence-corrected chi connectivity index (χ0v) is 13.9. The number of benzene rings is 1. The zero-order valence-electron chi connectivity index (χ0n) is 13.9. The normalized spacial score (nSPS) is 16.1. The number of ether oxygens (including phenoxy) is 1. The molecule has 0 amide bonds. The Morgan fingerprint density at radius 1 is 1.24 bits per heavy atom. The summed E-state index contributed by atoms with van der Waals surface area (Å²) < 4.78 is 32.1. The molecule has 3 rings (SSSR count). The summed E-state index contributed by atoms with van der Waals surface area (Å²) in [6.45, 7) is 3.09. The predicted octanol–water partition coefficient (Wildman–Crippen LogP) is 2.38. The molecule has 1 saturated heterocycles. The smallest absolute Gasteiger partial charge is 0.266 e. The number of aromatic nitrogens is 2. The van der Waals surface area contributed by atoms with Crippen LogP contribution in [0.25, 0.3) is 0 Å². The van der Waals surface area contributed by atoms with Crippen molar-refractivity contribution in [2.45, 2.75) is 19.3 Å². The first-order valence-corrected chi connectivity index (χ1v) is 8.43. The lowest BCUT2D eigenvalue weighted by atomic mass is 9.97. The topological polar surface area (TPSA) is 58.2 Å². The molecule has 0 atom stereocenters. The Bertz CT molecular complexity index is 758. The average molecular weight is 349 g/mol. The molecule has 2 aromatic rings. The number of piperidine rings is 1. The number of hydrogen-bond donors (Lipinski definition) is 1. The molecule has 0 bridgehead atoms. The number of hydrogen-bond acceptors (Lipinski definition) is 4. The lowest BCUT2D eigenvalue weighted by Crippen LogP contribution is -2.37. The van der Waals surface area contributed by atoms with E-state index in [1.807, 2.05) is 0 Å². The molecule has 0 spiro atoms. The van der Waals surface area contributed by atoms with Crippen LogP contribution in [0.5, 0.6) is 5.75 Å². The van der Waals surface area contributed by atoms with Gasteiger partial charge in [-0.25, -0.2) is 8.78 Å². The molecule has 0 saturated carbocycles. The van der Waals surface area contributed by atoms with Gasteiger partial charge in [0.2, 0.25) is 0 Å². The minimum atomic E-state index is -0.538. The first-order chi connectivity index (χ1) is 12.1. The first-order valence-electron chi connectivity index (χ1n) is 8.43. The summed E-state index contributed by atoms with van der Waals surface area (Å²) in [5.41, 5.74) is 0.650. The van der Waals surface area contributed by atoms with Gasteiger partial charge in [-0.1, -0.05) is 0 Å². The fraction of sp³-hybridized carbons (Fsp3) is 0.444. The van der Waals surface area contributed by atoms with Crippen LogP contribution >= 0.6 is 0 Å². The molecule has 0 aliphatic carbocycles. The van der Waals surface area contributed by atoms with Gasteiger partial charge in [0.25, 0.3) is 5.56 Å². The van der Waals surface area contributed by atoms with E-state index in [1.54, 1.807) is 6.20 Å². The summed E-state index contributed by atoms with van der Waals surface area (Å²) in [6, 6.07) is 3.24. The Kier molecular flexibility index (Phi) is 5.75. The van der Waals surface area contributed by atoms with Gasteiger partial charge >= 0.3 is 0 Å². The van der Waals surface area contributed by atoms with Crippen molar-refractivity contribution in [2.75, 3.05) is 26.2 Å². The van der Waals surface area contributed by atoms with Gasteiger partial charge in [-0.3, -0.25) is 9.78 Å². The highest BCUT2D eigenvalue weighted by Crippen LogP contribution is 2.22. The molecule has 1 aliphatic rings. The Morgan fingerprint density at radius 3 is 2.80 bits per heavy atom. The van der Waals surface area contributed by atoms with Crippen molar-refractivity contribution < 1.29 is 13.5 Å². The second-order valence-corrected chi connectivity index (χ2v) is 6.34. The number of halogens is 2. The Labute approximate surface area is 144 Å². The maximum atomic E-state index is 13.5. The van der Waals surface area contributed by atoms with E-state index in [9.17, 15) is 13.6 Å². The van der Waals surface area contributed by atoms with E-state index < -0.39 is 11.6 Å². The molecule has 1 aromatic heterocycles. The Hall–Kier alpha value is -2.28. The van der Waals surface area contributed by atoms with Crippen LogP contribution in [0, 0.1) is 17.6 Å². The monoisotopic (exact) mass is 349 g/mol. The number of nitrogens with zero attached hydrogens (tertiary/aromatic N) is 2. The van der Waals surface area contributed by atoms with Crippen LogP contribution in [-0.4, -0.2) is 41.1 Å². The predicted molar refractivity (Wildman–Crippen MR) is 89.6 cm³/mol. The summed E-state index contributed by atoms with van der Waals surface area (Å²) in [5, 5.41) is 0. The molecule has 7 heteroatoms. The molecule has 1 aromatic carbocycles. The molecular formula is C18H21F2N3O2. The SMILES string of the molecule is O=c1cncc(CCN2CCC(COc3cc(F)ccc3F)CC2)[nH]1. The molecule has 1 N–H and O–H groups in total. The number of likely N-dealkylation sites (tertiary alicyclic amines) is 1. The van der Waals surface area contributed by atoms with E-state index in [0.717, 1.165) is 62.8 Å². The summed E-state index contributed by atoms with van der Waals surface area (Å²) in [4.78, 5) is 20.2. The number of H-pyrrole nitrogens is 1. The maximum Gasteiger partial charge on any atom is 0.266 e. The minimum Gasteiger partial charge on any atom is -0.490 e. The van der Waals surface area contributed by atoms with Crippen molar-refractivity contribution in [3.05, 3.63) is 58.3 Å². The zero-order chi connectivity index (χ0) is 17.6. The maximum absolute atomic E-state index is 13.5. The van der Waals surface area contributed by atoms with E-state index in [0.29, 0.717) is 12.5 Å². The average Bonchev–Trinajstić information content (AvgIpc) is 2.62. The van der Waals surface area contributed by atoms with Crippen molar-refractivity contribution in [1.82, 2.24) is 14.9 Å². The van der Waals surface area contributed by atoms with Gasteiger partial charge in [0, 0.05) is 30.9 Å². The van der Waals surface area contributed by atoms with Crippen LogP contribution in [0.2, 0.25) is 0 Å². The van der Waals surface area contributed by atoms with Crippen LogP contribution in [0.4, 0.5) is 8.78 Å². The third-order valence-electron chi connectivity index (χ3n) is 4.48. The van der Waals surface area contributed by atoms with E-state index in [1.165, 1.54) is 6.20 Å². The van der Waals surface area contributed by atoms with Crippen LogP contribution in [0.3, 0.4) is 0 Å². The third-order valence-corrected chi connectivity index (χ3v) is 4.48. The lowest BCUT2D eigenvalue weighted by Gasteiger charge is -2.31. The molecule has 0 radical (unpaired) electrons. The molecule has 1 aliphatic heterocycles. The number of rotatable bonds is 6. The van der Waals surface area contributed by atoms with Crippen LogP contribution in [-0.2, 0) is 6.42 Å². The van der Waals surface area contributed by atoms with E-state index in [4.69, 9.17) is 4.74 Å². The number of nitrogens with one attached hydrogen (secondary N) is 1. The highest BCUT2D eigenvalue weighted by molar-refractivity contribution is 5.24. The quantitative estimate of drug-likeness (QED) is 0.870. The van der Waals surface area contributed by atoms with Crippen LogP contribution in [0.1, 0.15) is 18.5 Å².